The first-order valence-corrected chi connectivity index (χ1v) is 7.27. The molecule has 0 aromatic heterocycles. The summed E-state index contributed by atoms with van der Waals surface area (Å²) in [4.78, 5) is 0. The molecule has 6 heteroatoms. The quantitative estimate of drug-likeness (QED) is 0.758. The lowest BCUT2D eigenvalue weighted by molar-refractivity contribution is 0.127. The van der Waals surface area contributed by atoms with Gasteiger partial charge in [-0.05, 0) is 31.6 Å². The van der Waals surface area contributed by atoms with Crippen LogP contribution in [0, 0.1) is 17.2 Å². The van der Waals surface area contributed by atoms with Crippen molar-refractivity contribution >= 4 is 10.0 Å². The van der Waals surface area contributed by atoms with Crippen LogP contribution in [0.25, 0.3) is 0 Å². The van der Waals surface area contributed by atoms with Crippen molar-refractivity contribution in [2.45, 2.75) is 37.8 Å². The molecule has 0 radical (unpaired) electrons. The van der Waals surface area contributed by atoms with Gasteiger partial charge in [-0.25, -0.2) is 8.42 Å². The van der Waals surface area contributed by atoms with Gasteiger partial charge in [0, 0.05) is 6.61 Å². The second-order valence-electron chi connectivity index (χ2n) is 4.48. The summed E-state index contributed by atoms with van der Waals surface area (Å²) in [6.45, 7) is 0.643. The van der Waals surface area contributed by atoms with Gasteiger partial charge < -0.3 is 4.74 Å². The first-order chi connectivity index (χ1) is 7.61. The number of hydrogen-bond donors (Lipinski definition) is 1. The fourth-order valence-corrected chi connectivity index (χ4v) is 3.40. The van der Waals surface area contributed by atoms with E-state index in [0.717, 1.165) is 25.7 Å². The Hall–Kier alpha value is -0.640. The molecule has 2 rings (SSSR count). The van der Waals surface area contributed by atoms with Gasteiger partial charge in [0.15, 0.2) is 0 Å². The first-order valence-electron chi connectivity index (χ1n) is 5.62. The molecule has 0 aromatic rings. The van der Waals surface area contributed by atoms with Crippen LogP contribution in [0.3, 0.4) is 0 Å². The molecule has 2 atom stereocenters. The molecule has 0 spiro atoms. The van der Waals surface area contributed by atoms with Crippen LogP contribution in [0.1, 0.15) is 25.7 Å². The van der Waals surface area contributed by atoms with Crippen LogP contribution in [-0.4, -0.2) is 32.9 Å². The minimum Gasteiger partial charge on any atom is -0.377 e. The number of hydrogen-bond acceptors (Lipinski definition) is 4. The van der Waals surface area contributed by atoms with Crippen molar-refractivity contribution in [3.63, 3.8) is 0 Å². The van der Waals surface area contributed by atoms with Crippen LogP contribution in [0.5, 0.6) is 0 Å². The number of sulfonamides is 1. The Labute approximate surface area is 95.8 Å². The minimum atomic E-state index is -3.38. The van der Waals surface area contributed by atoms with Gasteiger partial charge in [0.05, 0.1) is 17.9 Å². The van der Waals surface area contributed by atoms with Gasteiger partial charge in [-0.3, -0.25) is 0 Å². The predicted octanol–water partition coefficient (Wildman–Crippen LogP) is 0.387. The first kappa shape index (κ1) is 11.8. The van der Waals surface area contributed by atoms with E-state index in [1.807, 2.05) is 6.07 Å². The lowest BCUT2D eigenvalue weighted by atomic mass is 10.2. The van der Waals surface area contributed by atoms with Crippen molar-refractivity contribution in [3.05, 3.63) is 0 Å². The third-order valence-electron chi connectivity index (χ3n) is 2.97. The SMILES string of the molecule is N#CC(NS(=O)(=O)CC1CCCO1)C1CC1. The van der Waals surface area contributed by atoms with Gasteiger partial charge in [0.25, 0.3) is 0 Å². The molecule has 0 amide bonds. The van der Waals surface area contributed by atoms with E-state index < -0.39 is 16.1 Å². The summed E-state index contributed by atoms with van der Waals surface area (Å²) in [5, 5.41) is 8.85. The van der Waals surface area contributed by atoms with E-state index in [1.54, 1.807) is 0 Å². The molecule has 1 aliphatic carbocycles. The van der Waals surface area contributed by atoms with E-state index >= 15 is 0 Å². The van der Waals surface area contributed by atoms with E-state index in [4.69, 9.17) is 10.00 Å². The van der Waals surface area contributed by atoms with E-state index in [1.165, 1.54) is 0 Å². The maximum Gasteiger partial charge on any atom is 0.215 e. The summed E-state index contributed by atoms with van der Waals surface area (Å²) < 4.78 is 31.2. The zero-order chi connectivity index (χ0) is 11.6. The Bertz CT molecular complexity index is 377. The Morgan fingerprint density at radius 1 is 1.44 bits per heavy atom. The second-order valence-corrected chi connectivity index (χ2v) is 6.28. The van der Waals surface area contributed by atoms with Gasteiger partial charge in [0.2, 0.25) is 10.0 Å². The molecule has 1 saturated heterocycles. The largest absolute Gasteiger partial charge is 0.377 e. The topological polar surface area (TPSA) is 79.2 Å². The highest BCUT2D eigenvalue weighted by molar-refractivity contribution is 7.89. The van der Waals surface area contributed by atoms with Crippen molar-refractivity contribution in [1.82, 2.24) is 4.72 Å². The van der Waals surface area contributed by atoms with E-state index in [-0.39, 0.29) is 17.8 Å². The summed E-state index contributed by atoms with van der Waals surface area (Å²) in [7, 11) is -3.38. The third kappa shape index (κ3) is 3.17. The molecule has 16 heavy (non-hydrogen) atoms. The Morgan fingerprint density at radius 3 is 2.69 bits per heavy atom. The van der Waals surface area contributed by atoms with Gasteiger partial charge >= 0.3 is 0 Å². The van der Waals surface area contributed by atoms with Gasteiger partial charge in [-0.2, -0.15) is 9.98 Å². The summed E-state index contributed by atoms with van der Waals surface area (Å²) >= 11 is 0. The smallest absolute Gasteiger partial charge is 0.215 e. The summed E-state index contributed by atoms with van der Waals surface area (Å²) in [6.07, 6.45) is 3.41. The Kier molecular flexibility index (Phi) is 3.47. The van der Waals surface area contributed by atoms with Crippen molar-refractivity contribution in [2.24, 2.45) is 5.92 Å². The average Bonchev–Trinajstić information content (AvgIpc) is 2.95. The number of rotatable bonds is 5. The molecule has 1 saturated carbocycles. The van der Waals surface area contributed by atoms with Crippen molar-refractivity contribution < 1.29 is 13.2 Å². The molecule has 0 aromatic carbocycles. The number of nitrogens with one attached hydrogen (secondary N) is 1. The van der Waals surface area contributed by atoms with Crippen LogP contribution in [-0.2, 0) is 14.8 Å². The highest BCUT2D eigenvalue weighted by Gasteiger charge is 2.35. The Balaban J connectivity index is 1.88. The number of nitrogens with zero attached hydrogens (tertiary/aromatic N) is 1. The molecule has 1 N–H and O–H groups in total. The van der Waals surface area contributed by atoms with Crippen molar-refractivity contribution in [2.75, 3.05) is 12.4 Å². The van der Waals surface area contributed by atoms with E-state index in [9.17, 15) is 8.42 Å². The molecule has 90 valence electrons. The van der Waals surface area contributed by atoms with Crippen molar-refractivity contribution in [3.8, 4) is 6.07 Å². The molecular weight excluding hydrogens is 228 g/mol. The summed E-state index contributed by atoms with van der Waals surface area (Å²) in [5.41, 5.74) is 0. The maximum absolute atomic E-state index is 11.7. The zero-order valence-corrected chi connectivity index (χ0v) is 9.87. The zero-order valence-electron chi connectivity index (χ0n) is 9.05. The van der Waals surface area contributed by atoms with E-state index in [2.05, 4.69) is 4.72 Å². The Morgan fingerprint density at radius 2 is 2.19 bits per heavy atom. The monoisotopic (exact) mass is 244 g/mol. The molecule has 5 nitrogen and oxygen atoms in total. The van der Waals surface area contributed by atoms with Crippen molar-refractivity contribution in [1.29, 1.82) is 5.26 Å². The number of ether oxygens (including phenoxy) is 1. The molecule has 1 aliphatic heterocycles. The fourth-order valence-electron chi connectivity index (χ4n) is 1.92. The molecule has 2 aliphatic rings. The standard InChI is InChI=1S/C10H16N2O3S/c11-6-10(8-3-4-8)12-16(13,14)7-9-2-1-5-15-9/h8-10,12H,1-5,7H2. The van der Waals surface area contributed by atoms with Crippen LogP contribution < -0.4 is 4.72 Å². The lowest BCUT2D eigenvalue weighted by Crippen LogP contribution is -2.39. The van der Waals surface area contributed by atoms with E-state index in [0.29, 0.717) is 6.61 Å². The number of nitriles is 1. The molecule has 0 bridgehead atoms. The molecular formula is C10H16N2O3S. The lowest BCUT2D eigenvalue weighted by Gasteiger charge is -2.14. The van der Waals surface area contributed by atoms with Gasteiger partial charge in [-0.15, -0.1) is 0 Å². The third-order valence-corrected chi connectivity index (χ3v) is 4.39. The van der Waals surface area contributed by atoms with Crippen LogP contribution >= 0.6 is 0 Å². The summed E-state index contributed by atoms with van der Waals surface area (Å²) in [5.74, 6) is 0.196. The fraction of sp³-hybridized carbons (Fsp3) is 0.900. The van der Waals surface area contributed by atoms with Gasteiger partial charge in [0.1, 0.15) is 6.04 Å². The molecule has 2 unspecified atom stereocenters. The predicted molar refractivity (Wildman–Crippen MR) is 58.0 cm³/mol. The maximum atomic E-state index is 11.7. The highest BCUT2D eigenvalue weighted by atomic mass is 32.2. The van der Waals surface area contributed by atoms with Crippen LogP contribution in [0.4, 0.5) is 0 Å². The molecule has 1 heterocycles. The van der Waals surface area contributed by atoms with Crippen LogP contribution in [0.2, 0.25) is 0 Å². The minimum absolute atomic E-state index is 0.0160. The normalized spacial score (nSPS) is 27.6. The molecule has 2 fully saturated rings. The summed E-state index contributed by atoms with van der Waals surface area (Å²) in [6, 6.07) is 1.46. The van der Waals surface area contributed by atoms with Crippen LogP contribution in [0.15, 0.2) is 0 Å². The second kappa shape index (κ2) is 4.70. The van der Waals surface area contributed by atoms with Gasteiger partial charge in [-0.1, -0.05) is 0 Å². The highest BCUT2D eigenvalue weighted by Crippen LogP contribution is 2.32. The average molecular weight is 244 g/mol.